The minimum absolute atomic E-state index is 0.212. The van der Waals surface area contributed by atoms with Gasteiger partial charge in [0.25, 0.3) is 5.56 Å². The van der Waals surface area contributed by atoms with Gasteiger partial charge in [-0.3, -0.25) is 9.36 Å². The fourth-order valence-electron chi connectivity index (χ4n) is 5.01. The number of likely N-dealkylation sites (N-methyl/N-ethyl adjacent to an activating group) is 1. The van der Waals surface area contributed by atoms with E-state index < -0.39 is 5.69 Å². The SMILES string of the molecule is CN1CCN(c2cc3c(=O)n(CCc4cccc(Cl)c4)c(=O)[nH]c3cc2NC(=O)NCCc2cccc(Cl)c2)CC1. The predicted octanol–water partition coefficient (Wildman–Crippen LogP) is 4.36. The number of benzene rings is 3. The Morgan fingerprint density at radius 1 is 0.902 bits per heavy atom. The number of halogens is 2. The number of rotatable bonds is 8. The van der Waals surface area contributed by atoms with Crippen molar-refractivity contribution in [2.75, 3.05) is 50.0 Å². The number of fused-ring (bicyclic) bond motifs is 1. The Morgan fingerprint density at radius 3 is 2.22 bits per heavy atom. The van der Waals surface area contributed by atoms with Crippen LogP contribution >= 0.6 is 23.2 Å². The minimum Gasteiger partial charge on any atom is -0.367 e. The van der Waals surface area contributed by atoms with Crippen LogP contribution in [0.5, 0.6) is 0 Å². The number of amides is 2. The molecule has 4 aromatic rings. The first-order valence-electron chi connectivity index (χ1n) is 13.5. The normalized spacial score (nSPS) is 13.9. The van der Waals surface area contributed by atoms with Gasteiger partial charge in [-0.05, 0) is 67.4 Å². The van der Waals surface area contributed by atoms with Crippen molar-refractivity contribution in [2.45, 2.75) is 19.4 Å². The maximum Gasteiger partial charge on any atom is 0.328 e. The molecule has 1 fully saturated rings. The summed E-state index contributed by atoms with van der Waals surface area (Å²) in [6, 6.07) is 17.9. The molecule has 0 bridgehead atoms. The number of anilines is 2. The van der Waals surface area contributed by atoms with E-state index in [1.54, 1.807) is 18.2 Å². The van der Waals surface area contributed by atoms with Crippen molar-refractivity contribution in [3.8, 4) is 0 Å². The lowest BCUT2D eigenvalue weighted by Crippen LogP contribution is -2.45. The average molecular weight is 596 g/mol. The molecule has 11 heteroatoms. The van der Waals surface area contributed by atoms with Crippen molar-refractivity contribution in [2.24, 2.45) is 0 Å². The summed E-state index contributed by atoms with van der Waals surface area (Å²) in [5.41, 5.74) is 2.70. The Kier molecular flexibility index (Phi) is 8.97. The van der Waals surface area contributed by atoms with Crippen LogP contribution in [0.1, 0.15) is 11.1 Å². The van der Waals surface area contributed by atoms with Crippen molar-refractivity contribution in [3.63, 3.8) is 0 Å². The first-order valence-corrected chi connectivity index (χ1v) is 14.3. The van der Waals surface area contributed by atoms with E-state index in [0.717, 1.165) is 43.0 Å². The molecule has 214 valence electrons. The van der Waals surface area contributed by atoms with Crippen molar-refractivity contribution < 1.29 is 4.79 Å². The smallest absolute Gasteiger partial charge is 0.328 e. The Labute approximate surface area is 247 Å². The maximum absolute atomic E-state index is 13.5. The van der Waals surface area contributed by atoms with Gasteiger partial charge < -0.3 is 25.4 Å². The van der Waals surface area contributed by atoms with E-state index in [1.807, 2.05) is 42.5 Å². The highest BCUT2D eigenvalue weighted by Crippen LogP contribution is 2.30. The summed E-state index contributed by atoms with van der Waals surface area (Å²) < 4.78 is 1.21. The third kappa shape index (κ3) is 7.11. The molecule has 1 aliphatic rings. The summed E-state index contributed by atoms with van der Waals surface area (Å²) in [5.74, 6) is 0. The van der Waals surface area contributed by atoms with Gasteiger partial charge in [-0.2, -0.15) is 0 Å². The highest BCUT2D eigenvalue weighted by molar-refractivity contribution is 6.30. The number of hydrogen-bond acceptors (Lipinski definition) is 5. The molecular formula is C30H32Cl2N6O3. The Bertz CT molecular complexity index is 1680. The van der Waals surface area contributed by atoms with E-state index in [2.05, 4.69) is 32.5 Å². The van der Waals surface area contributed by atoms with Crippen molar-refractivity contribution in [1.82, 2.24) is 19.8 Å². The second-order valence-electron chi connectivity index (χ2n) is 10.2. The number of H-pyrrole nitrogens is 1. The van der Waals surface area contributed by atoms with Gasteiger partial charge in [0, 0.05) is 49.3 Å². The lowest BCUT2D eigenvalue weighted by molar-refractivity contribution is 0.252. The number of aromatic amines is 1. The molecule has 2 heterocycles. The molecule has 5 rings (SSSR count). The van der Waals surface area contributed by atoms with Crippen LogP contribution in [0.2, 0.25) is 10.0 Å². The number of aromatic nitrogens is 2. The van der Waals surface area contributed by atoms with Crippen LogP contribution < -0.4 is 26.8 Å². The summed E-state index contributed by atoms with van der Waals surface area (Å²) in [7, 11) is 2.06. The third-order valence-electron chi connectivity index (χ3n) is 7.29. The number of carbonyl (C=O) groups excluding carboxylic acids is 1. The van der Waals surface area contributed by atoms with Crippen molar-refractivity contribution >= 4 is 51.5 Å². The van der Waals surface area contributed by atoms with E-state index in [-0.39, 0.29) is 18.1 Å². The molecule has 0 atom stereocenters. The topological polar surface area (TPSA) is 102 Å². The zero-order valence-corrected chi connectivity index (χ0v) is 24.3. The number of hydrogen-bond donors (Lipinski definition) is 3. The fraction of sp³-hybridized carbons (Fsp3) is 0.300. The number of aryl methyl sites for hydroxylation is 1. The van der Waals surface area contributed by atoms with E-state index in [1.165, 1.54) is 4.57 Å². The fourth-order valence-corrected chi connectivity index (χ4v) is 5.44. The lowest BCUT2D eigenvalue weighted by atomic mass is 10.1. The first-order chi connectivity index (χ1) is 19.8. The number of nitrogens with zero attached hydrogens (tertiary/aromatic N) is 3. The molecule has 1 aliphatic heterocycles. The first kappa shape index (κ1) is 28.7. The Balaban J connectivity index is 1.41. The quantitative estimate of drug-likeness (QED) is 0.281. The zero-order valence-electron chi connectivity index (χ0n) is 22.8. The number of urea groups is 1. The van der Waals surface area contributed by atoms with Crippen LogP contribution in [0, 0.1) is 0 Å². The Morgan fingerprint density at radius 2 is 1.56 bits per heavy atom. The standard InChI is InChI=1S/C30H32Cl2N6O3/c1-36-12-14-37(15-13-36)27-18-24-25(19-26(27)34-29(40)33-10-8-20-4-2-6-22(31)16-20)35-30(41)38(28(24)39)11-9-21-5-3-7-23(32)17-21/h2-7,16-19H,8-15H2,1H3,(H,35,41)(H2,33,34,40). The predicted molar refractivity (Wildman–Crippen MR) is 166 cm³/mol. The van der Waals surface area contributed by atoms with Gasteiger partial charge in [-0.15, -0.1) is 0 Å². The summed E-state index contributed by atoms with van der Waals surface area (Å²) in [6.45, 7) is 3.79. The summed E-state index contributed by atoms with van der Waals surface area (Å²) >= 11 is 12.2. The molecule has 41 heavy (non-hydrogen) atoms. The number of piperazine rings is 1. The van der Waals surface area contributed by atoms with Crippen LogP contribution in [0.3, 0.4) is 0 Å². The van der Waals surface area contributed by atoms with E-state index in [9.17, 15) is 14.4 Å². The van der Waals surface area contributed by atoms with Crippen LogP contribution in [0.4, 0.5) is 16.2 Å². The van der Waals surface area contributed by atoms with E-state index in [0.29, 0.717) is 46.0 Å². The lowest BCUT2D eigenvalue weighted by Gasteiger charge is -2.35. The highest BCUT2D eigenvalue weighted by atomic mass is 35.5. The van der Waals surface area contributed by atoms with Gasteiger partial charge >= 0.3 is 11.7 Å². The molecule has 3 aromatic carbocycles. The van der Waals surface area contributed by atoms with E-state index in [4.69, 9.17) is 23.2 Å². The molecule has 1 saturated heterocycles. The molecule has 0 unspecified atom stereocenters. The maximum atomic E-state index is 13.5. The molecule has 0 spiro atoms. The van der Waals surface area contributed by atoms with Gasteiger partial charge in [0.05, 0.1) is 22.3 Å². The molecule has 2 amide bonds. The van der Waals surface area contributed by atoms with Gasteiger partial charge in [0.15, 0.2) is 0 Å². The second-order valence-corrected chi connectivity index (χ2v) is 11.1. The number of carbonyl (C=O) groups is 1. The summed E-state index contributed by atoms with van der Waals surface area (Å²) in [6.07, 6.45) is 1.11. The van der Waals surface area contributed by atoms with Crippen LogP contribution in [-0.4, -0.2) is 60.3 Å². The van der Waals surface area contributed by atoms with Crippen LogP contribution in [0.15, 0.2) is 70.3 Å². The van der Waals surface area contributed by atoms with Crippen LogP contribution in [0.25, 0.3) is 10.9 Å². The van der Waals surface area contributed by atoms with Crippen molar-refractivity contribution in [1.29, 1.82) is 0 Å². The summed E-state index contributed by atoms with van der Waals surface area (Å²) in [4.78, 5) is 46.6. The van der Waals surface area contributed by atoms with Crippen molar-refractivity contribution in [3.05, 3.63) is 103 Å². The summed E-state index contributed by atoms with van der Waals surface area (Å²) in [5, 5.41) is 7.47. The molecular weight excluding hydrogens is 563 g/mol. The molecule has 0 saturated carbocycles. The monoisotopic (exact) mass is 594 g/mol. The molecule has 1 aromatic heterocycles. The van der Waals surface area contributed by atoms with Gasteiger partial charge in [-0.1, -0.05) is 47.5 Å². The number of nitrogens with one attached hydrogen (secondary N) is 3. The van der Waals surface area contributed by atoms with Gasteiger partial charge in [0.1, 0.15) is 0 Å². The van der Waals surface area contributed by atoms with Crippen LogP contribution in [-0.2, 0) is 19.4 Å². The molecule has 9 nitrogen and oxygen atoms in total. The minimum atomic E-state index is -0.506. The average Bonchev–Trinajstić information content (AvgIpc) is 2.93. The van der Waals surface area contributed by atoms with Gasteiger partial charge in [0.2, 0.25) is 0 Å². The van der Waals surface area contributed by atoms with E-state index >= 15 is 0 Å². The molecule has 0 aliphatic carbocycles. The highest BCUT2D eigenvalue weighted by Gasteiger charge is 2.21. The second kappa shape index (κ2) is 12.8. The third-order valence-corrected chi connectivity index (χ3v) is 7.76. The zero-order chi connectivity index (χ0) is 28.9. The Hall–Kier alpha value is -3.79. The van der Waals surface area contributed by atoms with Gasteiger partial charge in [-0.25, -0.2) is 9.59 Å². The molecule has 0 radical (unpaired) electrons. The molecule has 3 N–H and O–H groups in total. The largest absolute Gasteiger partial charge is 0.367 e.